The van der Waals surface area contributed by atoms with E-state index in [2.05, 4.69) is 45.1 Å². The molecule has 1 atom stereocenters. The molecular weight excluding hydrogens is 250 g/mol. The molecular formula is C14H22ClNS. The van der Waals surface area contributed by atoms with Crippen LogP contribution in [0, 0.1) is 5.41 Å². The Morgan fingerprint density at radius 3 is 2.29 bits per heavy atom. The highest BCUT2D eigenvalue weighted by Gasteiger charge is 2.23. The Morgan fingerprint density at radius 1 is 1.24 bits per heavy atom. The van der Waals surface area contributed by atoms with Gasteiger partial charge >= 0.3 is 0 Å². The van der Waals surface area contributed by atoms with Gasteiger partial charge < -0.3 is 5.32 Å². The van der Waals surface area contributed by atoms with Crippen LogP contribution in [0.1, 0.15) is 27.7 Å². The third kappa shape index (κ3) is 5.33. The third-order valence-corrected chi connectivity index (χ3v) is 4.08. The quantitative estimate of drug-likeness (QED) is 0.794. The molecule has 3 heteroatoms. The van der Waals surface area contributed by atoms with Crippen LogP contribution in [0.3, 0.4) is 0 Å². The molecule has 0 aliphatic rings. The second-order valence-corrected chi connectivity index (χ2v) is 6.77. The maximum atomic E-state index is 5.88. The maximum Gasteiger partial charge on any atom is 0.0406 e. The lowest BCUT2D eigenvalue weighted by Gasteiger charge is -2.31. The van der Waals surface area contributed by atoms with E-state index in [0.29, 0.717) is 6.04 Å². The highest BCUT2D eigenvalue weighted by atomic mass is 35.5. The summed E-state index contributed by atoms with van der Waals surface area (Å²) in [5.41, 5.74) is 0.287. The smallest absolute Gasteiger partial charge is 0.0406 e. The summed E-state index contributed by atoms with van der Waals surface area (Å²) in [5.74, 6) is 1.08. The van der Waals surface area contributed by atoms with Crippen molar-refractivity contribution < 1.29 is 0 Å². The minimum Gasteiger partial charge on any atom is -0.313 e. The van der Waals surface area contributed by atoms with Crippen LogP contribution >= 0.6 is 23.4 Å². The van der Waals surface area contributed by atoms with Crippen molar-refractivity contribution in [2.45, 2.75) is 38.6 Å². The summed E-state index contributed by atoms with van der Waals surface area (Å²) >= 11 is 7.76. The van der Waals surface area contributed by atoms with Crippen LogP contribution in [0.25, 0.3) is 0 Å². The first kappa shape index (κ1) is 14.9. The Morgan fingerprint density at radius 2 is 1.82 bits per heavy atom. The second-order valence-electron chi connectivity index (χ2n) is 5.24. The largest absolute Gasteiger partial charge is 0.313 e. The molecule has 1 rings (SSSR count). The second kappa shape index (κ2) is 6.67. The van der Waals surface area contributed by atoms with Crippen LogP contribution in [0.2, 0.25) is 5.02 Å². The van der Waals surface area contributed by atoms with Crippen LogP contribution in [0.15, 0.2) is 29.2 Å². The molecule has 0 spiro atoms. The maximum absolute atomic E-state index is 5.88. The molecule has 0 radical (unpaired) electrons. The van der Waals surface area contributed by atoms with E-state index < -0.39 is 0 Å². The average molecular weight is 272 g/mol. The van der Waals surface area contributed by atoms with E-state index >= 15 is 0 Å². The van der Waals surface area contributed by atoms with Crippen LogP contribution in [0.4, 0.5) is 0 Å². The summed E-state index contributed by atoms with van der Waals surface area (Å²) in [4.78, 5) is 1.28. The minimum atomic E-state index is 0.287. The highest BCUT2D eigenvalue weighted by Crippen LogP contribution is 2.27. The fourth-order valence-corrected chi connectivity index (χ4v) is 3.00. The first-order chi connectivity index (χ1) is 7.93. The van der Waals surface area contributed by atoms with Crippen molar-refractivity contribution in [2.24, 2.45) is 5.41 Å². The van der Waals surface area contributed by atoms with Crippen molar-refractivity contribution >= 4 is 23.4 Å². The van der Waals surface area contributed by atoms with Gasteiger partial charge in [-0.15, -0.1) is 11.8 Å². The number of thioether (sulfide) groups is 1. The first-order valence-electron chi connectivity index (χ1n) is 6.05. The fraction of sp³-hybridized carbons (Fsp3) is 0.571. The number of nitrogens with one attached hydrogen (secondary N) is 1. The lowest BCUT2D eigenvalue weighted by atomic mass is 9.88. The molecule has 1 nitrogen and oxygen atoms in total. The van der Waals surface area contributed by atoms with Crippen LogP contribution in [-0.4, -0.2) is 18.3 Å². The van der Waals surface area contributed by atoms with Gasteiger partial charge in [0.15, 0.2) is 0 Å². The molecule has 0 saturated heterocycles. The van der Waals surface area contributed by atoms with Gasteiger partial charge in [0.05, 0.1) is 0 Å². The van der Waals surface area contributed by atoms with E-state index in [1.807, 2.05) is 23.9 Å². The summed E-state index contributed by atoms with van der Waals surface area (Å²) < 4.78 is 0. The van der Waals surface area contributed by atoms with Crippen molar-refractivity contribution in [3.05, 3.63) is 29.3 Å². The van der Waals surface area contributed by atoms with Crippen LogP contribution < -0.4 is 5.32 Å². The zero-order valence-corrected chi connectivity index (χ0v) is 12.7. The lowest BCUT2D eigenvalue weighted by Crippen LogP contribution is -2.42. The average Bonchev–Trinajstić information content (AvgIpc) is 2.25. The molecule has 1 aromatic carbocycles. The Hall–Kier alpha value is -0.180. The molecule has 0 saturated carbocycles. The normalized spacial score (nSPS) is 13.7. The zero-order chi connectivity index (χ0) is 12.9. The van der Waals surface area contributed by atoms with E-state index in [-0.39, 0.29) is 5.41 Å². The van der Waals surface area contributed by atoms with Gasteiger partial charge in [0.25, 0.3) is 0 Å². The molecule has 17 heavy (non-hydrogen) atoms. The Balaban J connectivity index is 2.54. The standard InChI is InChI=1S/C14H22ClNS/c1-5-16-13(14(2,3)4)10-17-12-8-6-11(15)7-9-12/h6-9,13,16H,5,10H2,1-4H3. The van der Waals surface area contributed by atoms with Gasteiger partial charge in [0.2, 0.25) is 0 Å². The number of halogens is 1. The molecule has 96 valence electrons. The molecule has 1 aromatic rings. The van der Waals surface area contributed by atoms with E-state index in [0.717, 1.165) is 17.3 Å². The van der Waals surface area contributed by atoms with Gasteiger partial charge in [-0.25, -0.2) is 0 Å². The van der Waals surface area contributed by atoms with Gasteiger partial charge in [-0.05, 0) is 36.2 Å². The zero-order valence-electron chi connectivity index (χ0n) is 11.1. The first-order valence-corrected chi connectivity index (χ1v) is 7.41. The SMILES string of the molecule is CCNC(CSc1ccc(Cl)cc1)C(C)(C)C. The highest BCUT2D eigenvalue weighted by molar-refractivity contribution is 7.99. The minimum absolute atomic E-state index is 0.287. The number of hydrogen-bond acceptors (Lipinski definition) is 2. The number of benzene rings is 1. The predicted molar refractivity (Wildman–Crippen MR) is 79.1 cm³/mol. The van der Waals surface area contributed by atoms with E-state index in [4.69, 9.17) is 11.6 Å². The molecule has 0 aliphatic carbocycles. The Kier molecular flexibility index (Phi) is 5.84. The van der Waals surface area contributed by atoms with E-state index in [1.165, 1.54) is 4.90 Å². The van der Waals surface area contributed by atoms with Gasteiger partial charge in [0, 0.05) is 21.7 Å². The van der Waals surface area contributed by atoms with Crippen molar-refractivity contribution in [1.29, 1.82) is 0 Å². The molecule has 0 bridgehead atoms. The van der Waals surface area contributed by atoms with Crippen molar-refractivity contribution in [1.82, 2.24) is 5.32 Å². The van der Waals surface area contributed by atoms with Crippen molar-refractivity contribution in [3.8, 4) is 0 Å². The Bertz CT molecular complexity index is 329. The molecule has 0 amide bonds. The third-order valence-electron chi connectivity index (χ3n) is 2.73. The Labute approximate surface area is 114 Å². The topological polar surface area (TPSA) is 12.0 Å². The summed E-state index contributed by atoms with van der Waals surface area (Å²) in [6.07, 6.45) is 0. The number of rotatable bonds is 5. The van der Waals surface area contributed by atoms with Crippen molar-refractivity contribution in [2.75, 3.05) is 12.3 Å². The summed E-state index contributed by atoms with van der Waals surface area (Å²) in [5, 5.41) is 4.36. The molecule has 0 fully saturated rings. The van der Waals surface area contributed by atoms with Gasteiger partial charge in [-0.3, -0.25) is 0 Å². The summed E-state index contributed by atoms with van der Waals surface area (Å²) in [7, 11) is 0. The van der Waals surface area contributed by atoms with Crippen molar-refractivity contribution in [3.63, 3.8) is 0 Å². The summed E-state index contributed by atoms with van der Waals surface area (Å²) in [6.45, 7) is 10.0. The lowest BCUT2D eigenvalue weighted by molar-refractivity contribution is 0.295. The van der Waals surface area contributed by atoms with Crippen LogP contribution in [0.5, 0.6) is 0 Å². The van der Waals surface area contributed by atoms with Gasteiger partial charge in [0.1, 0.15) is 0 Å². The molecule has 1 N–H and O–H groups in total. The van der Waals surface area contributed by atoms with E-state index in [1.54, 1.807) is 0 Å². The van der Waals surface area contributed by atoms with Crippen LogP contribution in [-0.2, 0) is 0 Å². The van der Waals surface area contributed by atoms with Gasteiger partial charge in [-0.2, -0.15) is 0 Å². The van der Waals surface area contributed by atoms with E-state index in [9.17, 15) is 0 Å². The molecule has 0 aromatic heterocycles. The van der Waals surface area contributed by atoms with Gasteiger partial charge in [-0.1, -0.05) is 39.3 Å². The molecule has 0 heterocycles. The fourth-order valence-electron chi connectivity index (χ4n) is 1.57. The predicted octanol–water partition coefficient (Wildman–Crippen LogP) is 4.46. The monoisotopic (exact) mass is 271 g/mol. The number of hydrogen-bond donors (Lipinski definition) is 1. The molecule has 1 unspecified atom stereocenters. The summed E-state index contributed by atoms with van der Waals surface area (Å²) in [6, 6.07) is 8.58. The molecule has 0 aliphatic heterocycles.